The zero-order chi connectivity index (χ0) is 21.8. The molecule has 0 aliphatic carbocycles. The fourth-order valence-corrected chi connectivity index (χ4v) is 3.53. The fourth-order valence-electron chi connectivity index (χ4n) is 3.11. The van der Waals surface area contributed by atoms with Crippen molar-refractivity contribution in [2.45, 2.75) is 47.2 Å². The fraction of sp³-hybridized carbons (Fsp3) is 0.348. The van der Waals surface area contributed by atoms with Crippen LogP contribution in [0.2, 0.25) is 0 Å². The molecule has 0 unspecified atom stereocenters. The highest BCUT2D eigenvalue weighted by Gasteiger charge is 2.22. The van der Waals surface area contributed by atoms with E-state index in [9.17, 15) is 4.79 Å². The molecule has 0 saturated heterocycles. The molecule has 3 aromatic rings. The number of halogens is 1. The number of carbonyl (C=O) groups excluding carboxylic acids is 1. The minimum Gasteiger partial charge on any atom is -0.483 e. The number of nitrogens with zero attached hydrogens (tertiary/aromatic N) is 3. The molecule has 2 aromatic carbocycles. The molecule has 0 aliphatic heterocycles. The monoisotopic (exact) mass is 471 g/mol. The molecule has 0 spiro atoms. The van der Waals surface area contributed by atoms with Crippen molar-refractivity contribution in [3.63, 3.8) is 0 Å². The van der Waals surface area contributed by atoms with Gasteiger partial charge in [0.1, 0.15) is 12.3 Å². The van der Waals surface area contributed by atoms with Gasteiger partial charge >= 0.3 is 0 Å². The standard InChI is InChI=1S/C23H26BrN3O3/c1-14(2)27(12-20-25-23(26-30-20)18-9-7-6-8-10-18)21(28)13-29-19-11-15(3)22(24)17(5)16(19)4/h6-11,14H,12-13H2,1-5H3. The molecular weight excluding hydrogens is 446 g/mol. The van der Waals surface area contributed by atoms with Gasteiger partial charge in [0, 0.05) is 16.1 Å². The molecule has 0 bridgehead atoms. The number of ether oxygens (including phenoxy) is 1. The third-order valence-electron chi connectivity index (χ3n) is 5.06. The number of aromatic nitrogens is 2. The highest BCUT2D eigenvalue weighted by atomic mass is 79.9. The van der Waals surface area contributed by atoms with Gasteiger partial charge in [0.25, 0.3) is 5.91 Å². The van der Waals surface area contributed by atoms with Crippen LogP contribution in [0.15, 0.2) is 45.4 Å². The molecular formula is C23H26BrN3O3. The second-order valence-electron chi connectivity index (χ2n) is 7.54. The van der Waals surface area contributed by atoms with E-state index in [0.29, 0.717) is 11.7 Å². The summed E-state index contributed by atoms with van der Waals surface area (Å²) in [6.45, 7) is 10.1. The maximum Gasteiger partial charge on any atom is 0.261 e. The van der Waals surface area contributed by atoms with Gasteiger partial charge in [-0.2, -0.15) is 4.98 Å². The lowest BCUT2D eigenvalue weighted by Crippen LogP contribution is -2.39. The topological polar surface area (TPSA) is 68.5 Å². The SMILES string of the molecule is Cc1cc(OCC(=O)N(Cc2nc(-c3ccccc3)no2)C(C)C)c(C)c(C)c1Br. The molecule has 0 N–H and O–H groups in total. The average Bonchev–Trinajstić information content (AvgIpc) is 3.21. The lowest BCUT2D eigenvalue weighted by atomic mass is 10.1. The van der Waals surface area contributed by atoms with Crippen LogP contribution in [0.25, 0.3) is 11.4 Å². The Morgan fingerprint density at radius 2 is 1.87 bits per heavy atom. The van der Waals surface area contributed by atoms with Gasteiger partial charge < -0.3 is 14.2 Å². The predicted molar refractivity (Wildman–Crippen MR) is 119 cm³/mol. The van der Waals surface area contributed by atoms with E-state index >= 15 is 0 Å². The van der Waals surface area contributed by atoms with Crippen molar-refractivity contribution in [2.24, 2.45) is 0 Å². The van der Waals surface area contributed by atoms with Crippen LogP contribution in [0.5, 0.6) is 5.75 Å². The summed E-state index contributed by atoms with van der Waals surface area (Å²) in [6, 6.07) is 11.5. The van der Waals surface area contributed by atoms with Crippen molar-refractivity contribution < 1.29 is 14.1 Å². The highest BCUT2D eigenvalue weighted by Crippen LogP contribution is 2.31. The first-order valence-electron chi connectivity index (χ1n) is 9.84. The van der Waals surface area contributed by atoms with Crippen LogP contribution in [-0.4, -0.2) is 33.6 Å². The van der Waals surface area contributed by atoms with Crippen molar-refractivity contribution in [3.8, 4) is 17.1 Å². The number of rotatable bonds is 7. The van der Waals surface area contributed by atoms with E-state index in [0.717, 1.165) is 32.5 Å². The Balaban J connectivity index is 1.70. The summed E-state index contributed by atoms with van der Waals surface area (Å²) in [5.74, 6) is 1.48. The molecule has 1 heterocycles. The Bertz CT molecular complexity index is 1030. The summed E-state index contributed by atoms with van der Waals surface area (Å²) in [4.78, 5) is 19.0. The third kappa shape index (κ3) is 4.90. The maximum absolute atomic E-state index is 12.9. The van der Waals surface area contributed by atoms with Crippen LogP contribution in [0, 0.1) is 20.8 Å². The lowest BCUT2D eigenvalue weighted by molar-refractivity contribution is -0.136. The van der Waals surface area contributed by atoms with Gasteiger partial charge in [-0.05, 0) is 57.4 Å². The minimum atomic E-state index is -0.137. The zero-order valence-electron chi connectivity index (χ0n) is 17.9. The number of carbonyl (C=O) groups is 1. The van der Waals surface area contributed by atoms with Crippen LogP contribution < -0.4 is 4.74 Å². The summed E-state index contributed by atoms with van der Waals surface area (Å²) < 4.78 is 12.3. The number of benzene rings is 2. The summed E-state index contributed by atoms with van der Waals surface area (Å²) in [5, 5.41) is 4.03. The molecule has 6 nitrogen and oxygen atoms in total. The second-order valence-corrected chi connectivity index (χ2v) is 8.33. The molecule has 0 radical (unpaired) electrons. The van der Waals surface area contributed by atoms with E-state index in [1.807, 2.05) is 71.0 Å². The number of hydrogen-bond acceptors (Lipinski definition) is 5. The van der Waals surface area contributed by atoms with Crippen molar-refractivity contribution >= 4 is 21.8 Å². The Kier molecular flexibility index (Phi) is 6.92. The molecule has 7 heteroatoms. The van der Waals surface area contributed by atoms with E-state index in [4.69, 9.17) is 9.26 Å². The number of hydrogen-bond donors (Lipinski definition) is 0. The first-order chi connectivity index (χ1) is 14.3. The van der Waals surface area contributed by atoms with Gasteiger partial charge in [0.15, 0.2) is 6.61 Å². The molecule has 158 valence electrons. The zero-order valence-corrected chi connectivity index (χ0v) is 19.5. The molecule has 1 amide bonds. The quantitative estimate of drug-likeness (QED) is 0.471. The van der Waals surface area contributed by atoms with Crippen molar-refractivity contribution in [3.05, 3.63) is 63.5 Å². The van der Waals surface area contributed by atoms with E-state index in [-0.39, 0.29) is 25.1 Å². The molecule has 0 saturated carbocycles. The third-order valence-corrected chi connectivity index (χ3v) is 6.28. The van der Waals surface area contributed by atoms with Gasteiger partial charge in [-0.25, -0.2) is 0 Å². The van der Waals surface area contributed by atoms with Crippen LogP contribution in [0.1, 0.15) is 36.4 Å². The second kappa shape index (κ2) is 9.43. The molecule has 1 aromatic heterocycles. The van der Waals surface area contributed by atoms with E-state index in [1.54, 1.807) is 4.90 Å². The maximum atomic E-state index is 12.9. The van der Waals surface area contributed by atoms with Gasteiger partial charge in [0.05, 0.1) is 0 Å². The van der Waals surface area contributed by atoms with Crippen LogP contribution in [0.3, 0.4) is 0 Å². The smallest absolute Gasteiger partial charge is 0.261 e. The molecule has 0 fully saturated rings. The normalized spacial score (nSPS) is 11.0. The van der Waals surface area contributed by atoms with E-state index in [1.165, 1.54) is 0 Å². The molecule has 3 rings (SSSR count). The lowest BCUT2D eigenvalue weighted by Gasteiger charge is -2.25. The Labute approximate surface area is 185 Å². The molecule has 0 aliphatic rings. The number of aryl methyl sites for hydroxylation is 1. The first-order valence-corrected chi connectivity index (χ1v) is 10.6. The van der Waals surface area contributed by atoms with Crippen molar-refractivity contribution in [1.82, 2.24) is 15.0 Å². The Morgan fingerprint density at radius 3 is 2.53 bits per heavy atom. The molecule has 0 atom stereocenters. The Morgan fingerprint density at radius 1 is 1.17 bits per heavy atom. The average molecular weight is 472 g/mol. The summed E-state index contributed by atoms with van der Waals surface area (Å²) in [7, 11) is 0. The van der Waals surface area contributed by atoms with Gasteiger partial charge in [0.2, 0.25) is 11.7 Å². The van der Waals surface area contributed by atoms with Crippen molar-refractivity contribution in [2.75, 3.05) is 6.61 Å². The van der Waals surface area contributed by atoms with Crippen LogP contribution >= 0.6 is 15.9 Å². The van der Waals surface area contributed by atoms with Gasteiger partial charge in [-0.15, -0.1) is 0 Å². The largest absolute Gasteiger partial charge is 0.483 e. The minimum absolute atomic E-state index is 0.0392. The van der Waals surface area contributed by atoms with E-state index in [2.05, 4.69) is 26.1 Å². The first kappa shape index (κ1) is 22.0. The number of amides is 1. The Hall–Kier alpha value is -2.67. The van der Waals surface area contributed by atoms with Crippen molar-refractivity contribution in [1.29, 1.82) is 0 Å². The summed E-state index contributed by atoms with van der Waals surface area (Å²) >= 11 is 3.59. The predicted octanol–water partition coefficient (Wildman–Crippen LogP) is 5.24. The molecule has 30 heavy (non-hydrogen) atoms. The van der Waals surface area contributed by atoms with Crippen LogP contribution in [0.4, 0.5) is 0 Å². The van der Waals surface area contributed by atoms with Crippen LogP contribution in [-0.2, 0) is 11.3 Å². The van der Waals surface area contributed by atoms with Gasteiger partial charge in [-0.1, -0.05) is 51.4 Å². The highest BCUT2D eigenvalue weighted by molar-refractivity contribution is 9.10. The summed E-state index contributed by atoms with van der Waals surface area (Å²) in [5.41, 5.74) is 4.06. The van der Waals surface area contributed by atoms with E-state index < -0.39 is 0 Å². The van der Waals surface area contributed by atoms with Gasteiger partial charge in [-0.3, -0.25) is 4.79 Å². The summed E-state index contributed by atoms with van der Waals surface area (Å²) in [6.07, 6.45) is 0.